The highest BCUT2D eigenvalue weighted by atomic mass is 16.5. The van der Waals surface area contributed by atoms with E-state index in [1.165, 1.54) is 0 Å². The molecule has 0 amide bonds. The molecule has 2 rings (SSSR count). The lowest BCUT2D eigenvalue weighted by Crippen LogP contribution is -2.54. The zero-order valence-corrected chi connectivity index (χ0v) is 13.0. The first-order valence-corrected chi connectivity index (χ1v) is 7.58. The number of aromatic nitrogens is 1. The average molecular weight is 294 g/mol. The number of hydrogen-bond donors (Lipinski definition) is 2. The summed E-state index contributed by atoms with van der Waals surface area (Å²) in [5, 5.41) is 20.3. The fourth-order valence-corrected chi connectivity index (χ4v) is 3.10. The predicted octanol–water partition coefficient (Wildman–Crippen LogP) is 1.37. The quantitative estimate of drug-likeness (QED) is 0.776. The van der Waals surface area contributed by atoms with Crippen LogP contribution in [-0.4, -0.2) is 54.7 Å². The molecule has 0 bridgehead atoms. The highest BCUT2D eigenvalue weighted by molar-refractivity contribution is 5.40. The van der Waals surface area contributed by atoms with E-state index in [1.54, 1.807) is 7.11 Å². The molecule has 2 atom stereocenters. The van der Waals surface area contributed by atoms with Crippen LogP contribution < -0.4 is 4.90 Å². The lowest BCUT2D eigenvalue weighted by Gasteiger charge is -2.46. The molecule has 5 heteroatoms. The zero-order chi connectivity index (χ0) is 15.3. The normalized spacial score (nSPS) is 26.1. The topological polar surface area (TPSA) is 65.8 Å². The van der Waals surface area contributed by atoms with Gasteiger partial charge in [0.2, 0.25) is 0 Å². The third kappa shape index (κ3) is 3.73. The van der Waals surface area contributed by atoms with E-state index in [-0.39, 0.29) is 6.61 Å². The first-order chi connectivity index (χ1) is 10.1. The Bertz CT molecular complexity index is 455. The largest absolute Gasteiger partial charge is 0.396 e. The molecule has 1 saturated heterocycles. The van der Waals surface area contributed by atoms with Crippen LogP contribution in [0.3, 0.4) is 0 Å². The Hall–Kier alpha value is -1.17. The predicted molar refractivity (Wildman–Crippen MR) is 82.4 cm³/mol. The number of pyridine rings is 1. The van der Waals surface area contributed by atoms with E-state index in [0.717, 1.165) is 30.9 Å². The van der Waals surface area contributed by atoms with Gasteiger partial charge in [-0.25, -0.2) is 4.98 Å². The van der Waals surface area contributed by atoms with Gasteiger partial charge in [0.05, 0.1) is 12.7 Å². The van der Waals surface area contributed by atoms with Crippen LogP contribution in [0.4, 0.5) is 5.82 Å². The minimum atomic E-state index is -0.484. The van der Waals surface area contributed by atoms with E-state index in [4.69, 9.17) is 4.74 Å². The second-order valence-electron chi connectivity index (χ2n) is 5.98. The van der Waals surface area contributed by atoms with Crippen molar-refractivity contribution in [3.63, 3.8) is 0 Å². The molecule has 1 aliphatic rings. The van der Waals surface area contributed by atoms with E-state index in [0.29, 0.717) is 19.6 Å². The summed E-state index contributed by atoms with van der Waals surface area (Å²) in [6.07, 6.45) is 1.77. The monoisotopic (exact) mass is 294 g/mol. The van der Waals surface area contributed by atoms with Gasteiger partial charge in [0, 0.05) is 37.9 Å². The minimum absolute atomic E-state index is 0.0137. The third-order valence-corrected chi connectivity index (χ3v) is 4.42. The summed E-state index contributed by atoms with van der Waals surface area (Å²) in [5.74, 6) is 0.923. The zero-order valence-electron chi connectivity index (χ0n) is 13.0. The maximum Gasteiger partial charge on any atom is 0.128 e. The number of ether oxygens (including phenoxy) is 1. The van der Waals surface area contributed by atoms with Crippen LogP contribution in [0.2, 0.25) is 0 Å². The number of anilines is 1. The molecule has 118 valence electrons. The Labute approximate surface area is 126 Å². The molecule has 2 N–H and O–H groups in total. The summed E-state index contributed by atoms with van der Waals surface area (Å²) in [6.45, 7) is 4.01. The minimum Gasteiger partial charge on any atom is -0.396 e. The molecular weight excluding hydrogens is 268 g/mol. The lowest BCUT2D eigenvalue weighted by atomic mass is 9.74. The fourth-order valence-electron chi connectivity index (χ4n) is 3.10. The van der Waals surface area contributed by atoms with Crippen LogP contribution in [0.1, 0.15) is 25.0 Å². The second-order valence-corrected chi connectivity index (χ2v) is 5.98. The molecule has 2 heterocycles. The molecule has 0 aromatic carbocycles. The summed E-state index contributed by atoms with van der Waals surface area (Å²) >= 11 is 0. The summed E-state index contributed by atoms with van der Waals surface area (Å²) in [5.41, 5.74) is 0.495. The van der Waals surface area contributed by atoms with E-state index >= 15 is 0 Å². The van der Waals surface area contributed by atoms with Gasteiger partial charge in [-0.2, -0.15) is 0 Å². The maximum atomic E-state index is 10.4. The van der Waals surface area contributed by atoms with Crippen LogP contribution in [0, 0.1) is 12.3 Å². The van der Waals surface area contributed by atoms with Gasteiger partial charge in [0.25, 0.3) is 0 Å². The van der Waals surface area contributed by atoms with Crippen molar-refractivity contribution in [1.82, 2.24) is 4.98 Å². The van der Waals surface area contributed by atoms with Gasteiger partial charge in [-0.1, -0.05) is 6.07 Å². The highest BCUT2D eigenvalue weighted by Crippen LogP contribution is 2.36. The number of hydrogen-bond acceptors (Lipinski definition) is 5. The average Bonchev–Trinajstić information content (AvgIpc) is 2.49. The van der Waals surface area contributed by atoms with Crippen molar-refractivity contribution < 1.29 is 14.9 Å². The van der Waals surface area contributed by atoms with Gasteiger partial charge in [0.1, 0.15) is 5.82 Å². The van der Waals surface area contributed by atoms with Crippen molar-refractivity contribution in [2.75, 3.05) is 38.3 Å². The second kappa shape index (κ2) is 7.20. The standard InChI is InChI=1S/C16H26N2O3/c1-13-5-3-6-15(17-13)18-9-7-14(20)16(11-18,12-19)8-4-10-21-2/h3,5-6,14,19-20H,4,7-12H2,1-2H3/t14-,16+/m1/s1. The molecule has 1 fully saturated rings. The molecule has 0 aliphatic carbocycles. The molecule has 0 unspecified atom stereocenters. The van der Waals surface area contributed by atoms with Crippen LogP contribution in [0.15, 0.2) is 18.2 Å². The summed E-state index contributed by atoms with van der Waals surface area (Å²) < 4.78 is 5.10. The highest BCUT2D eigenvalue weighted by Gasteiger charge is 2.42. The van der Waals surface area contributed by atoms with Crippen molar-refractivity contribution in [1.29, 1.82) is 0 Å². The van der Waals surface area contributed by atoms with E-state index in [1.807, 2.05) is 25.1 Å². The Morgan fingerprint density at radius 2 is 2.29 bits per heavy atom. The van der Waals surface area contributed by atoms with Crippen molar-refractivity contribution in [3.8, 4) is 0 Å². The number of piperidine rings is 1. The molecule has 1 aromatic rings. The van der Waals surface area contributed by atoms with Crippen LogP contribution in [0.5, 0.6) is 0 Å². The van der Waals surface area contributed by atoms with Crippen molar-refractivity contribution in [2.45, 2.75) is 32.3 Å². The smallest absolute Gasteiger partial charge is 0.128 e. The molecule has 1 aliphatic heterocycles. The Kier molecular flexibility index (Phi) is 5.56. The number of nitrogens with zero attached hydrogens (tertiary/aromatic N) is 2. The number of aryl methyl sites for hydroxylation is 1. The van der Waals surface area contributed by atoms with Gasteiger partial charge in [-0.15, -0.1) is 0 Å². The van der Waals surface area contributed by atoms with E-state index in [2.05, 4.69) is 9.88 Å². The van der Waals surface area contributed by atoms with Crippen LogP contribution in [0.25, 0.3) is 0 Å². The first kappa shape index (κ1) is 16.2. The first-order valence-electron chi connectivity index (χ1n) is 7.58. The van der Waals surface area contributed by atoms with Gasteiger partial charge in [-0.05, 0) is 38.3 Å². The van der Waals surface area contributed by atoms with Crippen LogP contribution in [-0.2, 0) is 4.74 Å². The molecule has 5 nitrogen and oxygen atoms in total. The molecule has 0 saturated carbocycles. The number of rotatable bonds is 6. The van der Waals surface area contributed by atoms with E-state index in [9.17, 15) is 10.2 Å². The van der Waals surface area contributed by atoms with Gasteiger partial charge in [-0.3, -0.25) is 0 Å². The fraction of sp³-hybridized carbons (Fsp3) is 0.688. The number of aliphatic hydroxyl groups excluding tert-OH is 2. The maximum absolute atomic E-state index is 10.4. The molecule has 0 spiro atoms. The summed E-state index contributed by atoms with van der Waals surface area (Å²) in [4.78, 5) is 6.73. The SMILES string of the molecule is COCCC[C@@]1(CO)CN(c2cccc(C)n2)CC[C@H]1O. The van der Waals surface area contributed by atoms with Crippen LogP contribution >= 0.6 is 0 Å². The van der Waals surface area contributed by atoms with Gasteiger partial charge >= 0.3 is 0 Å². The Balaban J connectivity index is 2.13. The lowest BCUT2D eigenvalue weighted by molar-refractivity contribution is -0.0388. The summed E-state index contributed by atoms with van der Waals surface area (Å²) in [6, 6.07) is 5.95. The Morgan fingerprint density at radius 1 is 1.48 bits per heavy atom. The molecular formula is C16H26N2O3. The van der Waals surface area contributed by atoms with E-state index < -0.39 is 11.5 Å². The van der Waals surface area contributed by atoms with Gasteiger partial charge < -0.3 is 19.8 Å². The molecule has 1 aromatic heterocycles. The van der Waals surface area contributed by atoms with Crippen molar-refractivity contribution in [3.05, 3.63) is 23.9 Å². The summed E-state index contributed by atoms with van der Waals surface area (Å²) in [7, 11) is 1.67. The van der Waals surface area contributed by atoms with Crippen molar-refractivity contribution >= 4 is 5.82 Å². The van der Waals surface area contributed by atoms with Crippen molar-refractivity contribution in [2.24, 2.45) is 5.41 Å². The third-order valence-electron chi connectivity index (χ3n) is 4.42. The molecule has 0 radical (unpaired) electrons. The number of aliphatic hydroxyl groups is 2. The Morgan fingerprint density at radius 3 is 2.95 bits per heavy atom. The van der Waals surface area contributed by atoms with Gasteiger partial charge in [0.15, 0.2) is 0 Å². The molecule has 21 heavy (non-hydrogen) atoms. The number of methoxy groups -OCH3 is 1.